The van der Waals surface area contributed by atoms with Gasteiger partial charge in [0.15, 0.2) is 17.5 Å². The molecule has 0 aliphatic rings. The van der Waals surface area contributed by atoms with Crippen molar-refractivity contribution in [3.63, 3.8) is 0 Å². The van der Waals surface area contributed by atoms with E-state index < -0.39 is 17.5 Å². The lowest BCUT2D eigenvalue weighted by molar-refractivity contribution is 0.276. The van der Waals surface area contributed by atoms with Gasteiger partial charge in [-0.25, -0.2) is 18.2 Å². The lowest BCUT2D eigenvalue weighted by atomic mass is 10.0. The van der Waals surface area contributed by atoms with Gasteiger partial charge in [-0.2, -0.15) is 4.98 Å². The molecule has 1 aromatic heterocycles. The zero-order chi connectivity index (χ0) is 19.6. The van der Waals surface area contributed by atoms with Gasteiger partial charge < -0.3 is 15.4 Å². The minimum absolute atomic E-state index is 0.0664. The van der Waals surface area contributed by atoms with E-state index in [-0.39, 0.29) is 11.5 Å². The number of ether oxygens (including phenoxy) is 1. The summed E-state index contributed by atoms with van der Waals surface area (Å²) in [6.45, 7) is 1.27. The molecule has 5 nitrogen and oxygen atoms in total. The van der Waals surface area contributed by atoms with E-state index in [2.05, 4.69) is 9.97 Å². The predicted molar refractivity (Wildman–Crippen MR) is 97.9 cm³/mol. The second kappa shape index (κ2) is 7.79. The molecular weight excluding hydrogens is 357 g/mol. The van der Waals surface area contributed by atoms with Crippen LogP contribution in [0.4, 0.5) is 19.1 Å². The highest BCUT2D eigenvalue weighted by Gasteiger charge is 2.14. The zero-order valence-electron chi connectivity index (χ0n) is 15.0. The molecule has 0 unspecified atom stereocenters. The van der Waals surface area contributed by atoms with Gasteiger partial charge in [0, 0.05) is 6.54 Å². The molecule has 2 N–H and O–H groups in total. The van der Waals surface area contributed by atoms with E-state index in [0.717, 1.165) is 25.1 Å². The summed E-state index contributed by atoms with van der Waals surface area (Å²) in [5.74, 6) is -3.64. The Balaban J connectivity index is 1.98. The van der Waals surface area contributed by atoms with Crippen molar-refractivity contribution in [1.29, 1.82) is 0 Å². The fourth-order valence-electron chi connectivity index (χ4n) is 2.68. The summed E-state index contributed by atoms with van der Waals surface area (Å²) < 4.78 is 46.1. The number of rotatable bonds is 6. The number of aromatic nitrogens is 2. The van der Waals surface area contributed by atoms with Crippen molar-refractivity contribution < 1.29 is 17.9 Å². The summed E-state index contributed by atoms with van der Waals surface area (Å²) in [7, 11) is 3.93. The molecule has 0 saturated carbocycles. The monoisotopic (exact) mass is 376 g/mol. The molecular formula is C19H19F3N4O. The molecule has 0 fully saturated rings. The first-order chi connectivity index (χ1) is 12.8. The third-order valence-electron chi connectivity index (χ3n) is 3.98. The van der Waals surface area contributed by atoms with Crippen molar-refractivity contribution in [2.24, 2.45) is 0 Å². The van der Waals surface area contributed by atoms with Crippen molar-refractivity contribution in [3.05, 3.63) is 47.8 Å². The first-order valence-electron chi connectivity index (χ1n) is 8.35. The van der Waals surface area contributed by atoms with E-state index in [9.17, 15) is 13.2 Å². The maximum Gasteiger partial charge on any atom is 0.226 e. The highest BCUT2D eigenvalue weighted by Crippen LogP contribution is 2.30. The molecule has 0 radical (unpaired) electrons. The molecule has 3 aromatic rings. The number of halogens is 3. The number of hydrogen-bond acceptors (Lipinski definition) is 5. The summed E-state index contributed by atoms with van der Waals surface area (Å²) in [6, 6.07) is 6.79. The Bertz CT molecular complexity index is 956. The molecule has 0 aliphatic carbocycles. The van der Waals surface area contributed by atoms with Crippen LogP contribution in [0, 0.1) is 17.5 Å². The summed E-state index contributed by atoms with van der Waals surface area (Å²) in [5, 5.41) is 0.552. The molecule has 0 bridgehead atoms. The van der Waals surface area contributed by atoms with Crippen molar-refractivity contribution in [2.45, 2.75) is 6.42 Å². The van der Waals surface area contributed by atoms with E-state index in [1.54, 1.807) is 18.2 Å². The topological polar surface area (TPSA) is 64.3 Å². The van der Waals surface area contributed by atoms with Gasteiger partial charge in [-0.15, -0.1) is 0 Å². The van der Waals surface area contributed by atoms with Crippen LogP contribution in [0.25, 0.3) is 22.0 Å². The summed E-state index contributed by atoms with van der Waals surface area (Å²) in [4.78, 5) is 10.3. The van der Waals surface area contributed by atoms with Gasteiger partial charge in [-0.05, 0) is 55.9 Å². The van der Waals surface area contributed by atoms with Crippen LogP contribution >= 0.6 is 0 Å². The normalized spacial score (nSPS) is 11.3. The number of nitrogen functional groups attached to an aromatic ring is 1. The Morgan fingerprint density at radius 3 is 2.37 bits per heavy atom. The molecule has 0 saturated heterocycles. The third-order valence-corrected chi connectivity index (χ3v) is 3.98. The van der Waals surface area contributed by atoms with Gasteiger partial charge in [0.2, 0.25) is 11.8 Å². The molecule has 0 amide bonds. The molecule has 0 atom stereocenters. The molecule has 142 valence electrons. The van der Waals surface area contributed by atoms with Gasteiger partial charge in [0.1, 0.15) is 0 Å². The fourth-order valence-corrected chi connectivity index (χ4v) is 2.68. The van der Waals surface area contributed by atoms with E-state index in [0.29, 0.717) is 29.0 Å². The first-order valence-corrected chi connectivity index (χ1v) is 8.35. The van der Waals surface area contributed by atoms with Crippen LogP contribution in [0.5, 0.6) is 5.88 Å². The van der Waals surface area contributed by atoms with Gasteiger partial charge in [-0.3, -0.25) is 0 Å². The summed E-state index contributed by atoms with van der Waals surface area (Å²) in [5.41, 5.74) is 6.95. The van der Waals surface area contributed by atoms with E-state index in [1.807, 2.05) is 19.0 Å². The van der Waals surface area contributed by atoms with Crippen LogP contribution in [0.15, 0.2) is 30.3 Å². The largest absolute Gasteiger partial charge is 0.477 e. The van der Waals surface area contributed by atoms with Crippen molar-refractivity contribution in [1.82, 2.24) is 14.9 Å². The number of nitrogens with zero attached hydrogens (tertiary/aromatic N) is 3. The van der Waals surface area contributed by atoms with E-state index in [4.69, 9.17) is 10.5 Å². The van der Waals surface area contributed by atoms with E-state index in [1.165, 1.54) is 0 Å². The van der Waals surface area contributed by atoms with Gasteiger partial charge >= 0.3 is 0 Å². The van der Waals surface area contributed by atoms with Crippen LogP contribution in [-0.2, 0) is 0 Å². The Kier molecular flexibility index (Phi) is 5.46. The van der Waals surface area contributed by atoms with Crippen LogP contribution in [-0.4, -0.2) is 42.1 Å². The summed E-state index contributed by atoms with van der Waals surface area (Å²) in [6.07, 6.45) is 0.784. The minimum Gasteiger partial charge on any atom is -0.477 e. The molecule has 3 rings (SSSR count). The summed E-state index contributed by atoms with van der Waals surface area (Å²) >= 11 is 0. The Hall–Kier alpha value is -2.87. The number of fused-ring (bicyclic) bond motifs is 1. The number of nitrogens with two attached hydrogens (primary N) is 1. The smallest absolute Gasteiger partial charge is 0.226 e. The average Bonchev–Trinajstić information content (AvgIpc) is 2.62. The van der Waals surface area contributed by atoms with E-state index >= 15 is 0 Å². The Morgan fingerprint density at radius 2 is 1.70 bits per heavy atom. The molecule has 1 heterocycles. The molecule has 2 aromatic carbocycles. The standard InChI is InChI=1S/C19H19F3N4O/c1-26(2)6-3-7-27-18-13-8-11(4-5-16(13)24-19(23)25-18)12-9-14(20)17(22)15(21)10-12/h4-5,8-10H,3,6-7H2,1-2H3,(H2,23,24,25). The van der Waals surface area contributed by atoms with Crippen LogP contribution in [0.3, 0.4) is 0 Å². The third kappa shape index (κ3) is 4.28. The second-order valence-corrected chi connectivity index (χ2v) is 6.38. The van der Waals surface area contributed by atoms with Crippen molar-refractivity contribution >= 4 is 16.9 Å². The molecule has 27 heavy (non-hydrogen) atoms. The van der Waals surface area contributed by atoms with Gasteiger partial charge in [-0.1, -0.05) is 6.07 Å². The minimum atomic E-state index is -1.50. The highest BCUT2D eigenvalue weighted by molar-refractivity contribution is 5.89. The predicted octanol–water partition coefficient (Wildman–Crippen LogP) is 3.63. The average molecular weight is 376 g/mol. The quantitative estimate of drug-likeness (QED) is 0.526. The molecule has 0 aliphatic heterocycles. The SMILES string of the molecule is CN(C)CCCOc1nc(N)nc2ccc(-c3cc(F)c(F)c(F)c3)cc12. The lowest BCUT2D eigenvalue weighted by Crippen LogP contribution is -2.16. The number of benzene rings is 2. The van der Waals surface area contributed by atoms with Crippen LogP contribution in [0.2, 0.25) is 0 Å². The number of hydrogen-bond donors (Lipinski definition) is 1. The maximum atomic E-state index is 13.6. The van der Waals surface area contributed by atoms with Crippen LogP contribution < -0.4 is 10.5 Å². The molecule has 8 heteroatoms. The highest BCUT2D eigenvalue weighted by atomic mass is 19.2. The Morgan fingerprint density at radius 1 is 1.00 bits per heavy atom. The van der Waals surface area contributed by atoms with Crippen molar-refractivity contribution in [2.75, 3.05) is 33.0 Å². The first kappa shape index (κ1) is 18.9. The fraction of sp³-hybridized carbons (Fsp3) is 0.263. The maximum absolute atomic E-state index is 13.6. The molecule has 0 spiro atoms. The van der Waals surface area contributed by atoms with Gasteiger partial charge in [0.05, 0.1) is 17.5 Å². The van der Waals surface area contributed by atoms with Crippen LogP contribution in [0.1, 0.15) is 6.42 Å². The second-order valence-electron chi connectivity index (χ2n) is 6.38. The zero-order valence-corrected chi connectivity index (χ0v) is 15.0. The number of anilines is 1. The van der Waals surface area contributed by atoms with Crippen molar-refractivity contribution in [3.8, 4) is 17.0 Å². The Labute approximate surface area is 154 Å². The van der Waals surface area contributed by atoms with Gasteiger partial charge in [0.25, 0.3) is 0 Å². The lowest BCUT2D eigenvalue weighted by Gasteiger charge is -2.12.